The van der Waals surface area contributed by atoms with Crippen LogP contribution in [0.5, 0.6) is 0 Å². The first-order valence-electron chi connectivity index (χ1n) is 13.0. The fourth-order valence-electron chi connectivity index (χ4n) is 2.91. The van der Waals surface area contributed by atoms with Gasteiger partial charge in [-0.3, -0.25) is 0 Å². The van der Waals surface area contributed by atoms with Gasteiger partial charge in [0.2, 0.25) is 0 Å². The first kappa shape index (κ1) is 50.5. The number of halogens is 2. The molecule has 0 bridgehead atoms. The molecule has 0 radical (unpaired) electrons. The Labute approximate surface area is 326 Å². The van der Waals surface area contributed by atoms with Crippen molar-refractivity contribution in [2.24, 2.45) is 0 Å². The van der Waals surface area contributed by atoms with Gasteiger partial charge in [0.05, 0.1) is 12.7 Å². The monoisotopic (exact) mass is 854 g/mol. The topological polar surface area (TPSA) is 0 Å². The summed E-state index contributed by atoms with van der Waals surface area (Å²) < 4.78 is 1.16. The van der Waals surface area contributed by atoms with Gasteiger partial charge in [-0.2, -0.15) is 85.8 Å². The second kappa shape index (κ2) is 35.0. The summed E-state index contributed by atoms with van der Waals surface area (Å²) in [7, 11) is 0. The van der Waals surface area contributed by atoms with Crippen molar-refractivity contribution in [1.82, 2.24) is 0 Å². The van der Waals surface area contributed by atoms with Gasteiger partial charge in [-0.15, -0.1) is 93.8 Å². The van der Waals surface area contributed by atoms with E-state index in [1.165, 1.54) is 70.4 Å². The average molecular weight is 857 g/mol. The molecule has 2 saturated heterocycles. The van der Waals surface area contributed by atoms with Crippen molar-refractivity contribution < 1.29 is 0 Å². The zero-order chi connectivity index (χ0) is 29.2. The lowest BCUT2D eigenvalue weighted by atomic mass is 10.5. The standard InChI is InChI=1S/C14H28S8.C6H10Cl2S2.C4H10S3.2CH4/c1-14(21-5-2-6-22-14)13(19-11-9-17-7-3-15)20-12-10-18-8-4-16;1-6(5(7)8)9-3-2-4-10-6;5-1-3-7-4-2-6;;/h13,15-16H,2-12H2,1H3;5H,2-4H2,1H3;5-6H,1-4H2;2*1H4. The Kier molecular flexibility index (Phi) is 43.1. The highest BCUT2D eigenvalue weighted by Crippen LogP contribution is 2.52. The quantitative estimate of drug-likeness (QED) is 0.0457. The molecule has 0 aromatic heterocycles. The molecule has 0 nitrogen and oxygen atoms in total. The molecule has 0 saturated carbocycles. The number of alkyl halides is 2. The molecule has 2 aliphatic heterocycles. The summed E-state index contributed by atoms with van der Waals surface area (Å²) in [5.41, 5.74) is 0. The predicted octanol–water partition coefficient (Wildman–Crippen LogP) is 11.9. The van der Waals surface area contributed by atoms with Crippen molar-refractivity contribution in [2.45, 2.75) is 59.1 Å². The van der Waals surface area contributed by atoms with Crippen LogP contribution in [-0.2, 0) is 0 Å². The van der Waals surface area contributed by atoms with Gasteiger partial charge in [-0.05, 0) is 72.7 Å². The maximum absolute atomic E-state index is 5.82. The van der Waals surface area contributed by atoms with Gasteiger partial charge in [-0.25, -0.2) is 0 Å². The molecule has 252 valence electrons. The molecule has 2 heterocycles. The van der Waals surface area contributed by atoms with Crippen molar-refractivity contribution in [3.63, 3.8) is 0 Å². The molecule has 2 fully saturated rings. The van der Waals surface area contributed by atoms with E-state index in [0.29, 0.717) is 4.08 Å². The number of thiol groups is 4. The second-order valence-electron chi connectivity index (χ2n) is 8.24. The number of hydrogen-bond donors (Lipinski definition) is 4. The van der Waals surface area contributed by atoms with Crippen molar-refractivity contribution in [2.75, 3.05) is 92.0 Å². The van der Waals surface area contributed by atoms with Crippen LogP contribution in [0.15, 0.2) is 0 Å². The van der Waals surface area contributed by atoms with E-state index in [1.807, 2.05) is 58.8 Å². The van der Waals surface area contributed by atoms with Crippen LogP contribution >= 0.6 is 180 Å². The summed E-state index contributed by atoms with van der Waals surface area (Å²) in [5, 5.41) is 0. The third-order valence-corrected chi connectivity index (χ3v) is 22.3. The fourth-order valence-corrected chi connectivity index (χ4v) is 17.0. The van der Waals surface area contributed by atoms with Gasteiger partial charge in [0.25, 0.3) is 0 Å². The van der Waals surface area contributed by atoms with E-state index in [0.717, 1.165) is 39.1 Å². The van der Waals surface area contributed by atoms with Gasteiger partial charge in [0.15, 0.2) is 0 Å². The summed E-state index contributed by atoms with van der Waals surface area (Å²) in [4.78, 5) is -0.247. The lowest BCUT2D eigenvalue weighted by Crippen LogP contribution is -2.32. The van der Waals surface area contributed by atoms with Gasteiger partial charge in [0, 0.05) is 46.0 Å². The molecule has 0 aliphatic carbocycles. The Morgan fingerprint density at radius 2 is 0.878 bits per heavy atom. The Bertz CT molecular complexity index is 506. The summed E-state index contributed by atoms with van der Waals surface area (Å²) in [5.74, 6) is 18.8. The van der Waals surface area contributed by atoms with E-state index in [4.69, 9.17) is 23.2 Å². The molecule has 0 unspecified atom stereocenters. The minimum atomic E-state index is -0.247. The smallest absolute Gasteiger partial charge is 0.131 e. The van der Waals surface area contributed by atoms with E-state index in [-0.39, 0.29) is 23.8 Å². The number of rotatable bonds is 18. The molecule has 2 rings (SSSR count). The highest BCUT2D eigenvalue weighted by molar-refractivity contribution is 8.25. The molecular formula is C26H56Cl2S13. The molecule has 0 atom stereocenters. The normalized spacial score (nSPS) is 17.4. The van der Waals surface area contributed by atoms with E-state index in [9.17, 15) is 0 Å². The Morgan fingerprint density at radius 1 is 0.561 bits per heavy atom. The van der Waals surface area contributed by atoms with Crippen molar-refractivity contribution >= 4 is 180 Å². The average Bonchev–Trinajstić information content (AvgIpc) is 2.93. The Hall–Kier alpha value is 5.13. The van der Waals surface area contributed by atoms with Crippen LogP contribution in [0.2, 0.25) is 0 Å². The van der Waals surface area contributed by atoms with Crippen LogP contribution in [0, 0.1) is 0 Å². The van der Waals surface area contributed by atoms with Crippen LogP contribution in [-0.4, -0.2) is 110 Å². The van der Waals surface area contributed by atoms with Gasteiger partial charge in [-0.1, -0.05) is 14.9 Å². The minimum absolute atomic E-state index is 0. The number of hydrogen-bond acceptors (Lipinski definition) is 13. The Morgan fingerprint density at radius 3 is 1.17 bits per heavy atom. The molecule has 0 amide bonds. The van der Waals surface area contributed by atoms with Crippen LogP contribution in [0.4, 0.5) is 0 Å². The molecule has 41 heavy (non-hydrogen) atoms. The van der Waals surface area contributed by atoms with E-state index in [2.05, 4.69) is 111 Å². The lowest BCUT2D eigenvalue weighted by molar-refractivity contribution is 0.945. The van der Waals surface area contributed by atoms with Gasteiger partial charge < -0.3 is 0 Å². The van der Waals surface area contributed by atoms with Crippen LogP contribution in [0.3, 0.4) is 0 Å². The first-order chi connectivity index (χ1) is 18.8. The molecule has 0 N–H and O–H groups in total. The lowest BCUT2D eigenvalue weighted by Gasteiger charge is -2.38. The molecule has 0 spiro atoms. The minimum Gasteiger partial charge on any atom is -0.179 e. The molecule has 0 aromatic carbocycles. The van der Waals surface area contributed by atoms with Crippen molar-refractivity contribution in [3.8, 4) is 0 Å². The SMILES string of the molecule is C.C.CC1(C(Cl)Cl)SCCCS1.CC1(C(SCCSCCS)SCCSCCS)SCCCS1.SCCSCCS. The highest BCUT2D eigenvalue weighted by Gasteiger charge is 2.37. The maximum atomic E-state index is 5.82. The molecule has 0 aromatic rings. The summed E-state index contributed by atoms with van der Waals surface area (Å²) in [6.07, 6.45) is 2.66. The van der Waals surface area contributed by atoms with E-state index >= 15 is 0 Å². The maximum Gasteiger partial charge on any atom is 0.131 e. The van der Waals surface area contributed by atoms with Gasteiger partial charge >= 0.3 is 0 Å². The van der Waals surface area contributed by atoms with Gasteiger partial charge in [0.1, 0.15) is 4.84 Å². The zero-order valence-corrected chi connectivity index (χ0v) is 35.5. The van der Waals surface area contributed by atoms with E-state index in [1.54, 1.807) is 0 Å². The van der Waals surface area contributed by atoms with Crippen LogP contribution in [0.1, 0.15) is 41.5 Å². The summed E-state index contributed by atoms with van der Waals surface area (Å²) in [6.45, 7) is 4.60. The Balaban J connectivity index is -0.000000630. The molecule has 15 heteroatoms. The summed E-state index contributed by atoms with van der Waals surface area (Å²) >= 11 is 46.8. The van der Waals surface area contributed by atoms with Crippen LogP contribution < -0.4 is 0 Å². The van der Waals surface area contributed by atoms with E-state index < -0.39 is 0 Å². The molecule has 2 aliphatic rings. The largest absolute Gasteiger partial charge is 0.179 e. The zero-order valence-electron chi connectivity index (χ0n) is 23.1. The second-order valence-corrected chi connectivity index (χ2v) is 24.2. The fraction of sp³-hybridized carbons (Fsp3) is 1.00. The summed E-state index contributed by atoms with van der Waals surface area (Å²) in [6, 6.07) is 0. The molecular weight excluding hydrogens is 800 g/mol. The van der Waals surface area contributed by atoms with Crippen molar-refractivity contribution in [3.05, 3.63) is 0 Å². The van der Waals surface area contributed by atoms with Crippen molar-refractivity contribution in [1.29, 1.82) is 0 Å². The van der Waals surface area contributed by atoms with Crippen LogP contribution in [0.25, 0.3) is 0 Å². The highest BCUT2D eigenvalue weighted by atomic mass is 35.5. The predicted molar refractivity (Wildman–Crippen MR) is 241 cm³/mol. The third kappa shape index (κ3) is 27.6. The third-order valence-electron chi connectivity index (χ3n) is 4.89. The number of thioether (sulfide) groups is 9. The first-order valence-corrected chi connectivity index (χ1v) is 25.9.